The number of amides is 1. The SMILES string of the molecule is O=C(NC1CCN(c2ncnc3[nH]ccc23)CC1)C1CCCC1. The third-order valence-electron chi connectivity index (χ3n) is 5.20. The molecule has 1 amide bonds. The molecule has 2 aliphatic rings. The molecule has 1 aliphatic carbocycles. The number of carbonyl (C=O) groups excluding carboxylic acids is 1. The summed E-state index contributed by atoms with van der Waals surface area (Å²) >= 11 is 0. The number of carbonyl (C=O) groups is 1. The van der Waals surface area contributed by atoms with Crippen LogP contribution in [0.1, 0.15) is 38.5 Å². The third kappa shape index (κ3) is 2.90. The van der Waals surface area contributed by atoms with E-state index in [-0.39, 0.29) is 11.8 Å². The number of piperidine rings is 1. The molecule has 2 aromatic rings. The quantitative estimate of drug-likeness (QED) is 0.911. The molecule has 122 valence electrons. The first-order chi connectivity index (χ1) is 11.3. The lowest BCUT2D eigenvalue weighted by Crippen LogP contribution is -2.46. The Morgan fingerprint density at radius 3 is 2.74 bits per heavy atom. The van der Waals surface area contributed by atoms with E-state index in [1.165, 1.54) is 12.8 Å². The highest BCUT2D eigenvalue weighted by atomic mass is 16.1. The summed E-state index contributed by atoms with van der Waals surface area (Å²) in [4.78, 5) is 26.4. The molecule has 0 spiro atoms. The van der Waals surface area contributed by atoms with Gasteiger partial charge in [-0.2, -0.15) is 0 Å². The van der Waals surface area contributed by atoms with Gasteiger partial charge in [0.1, 0.15) is 17.8 Å². The number of aromatic nitrogens is 3. The van der Waals surface area contributed by atoms with Crippen molar-refractivity contribution in [3.05, 3.63) is 18.6 Å². The molecule has 6 heteroatoms. The minimum Gasteiger partial charge on any atom is -0.356 e. The van der Waals surface area contributed by atoms with Crippen LogP contribution in [0.5, 0.6) is 0 Å². The van der Waals surface area contributed by atoms with Gasteiger partial charge in [0.25, 0.3) is 0 Å². The van der Waals surface area contributed by atoms with Crippen molar-refractivity contribution in [2.75, 3.05) is 18.0 Å². The Balaban J connectivity index is 1.37. The zero-order valence-corrected chi connectivity index (χ0v) is 13.3. The molecule has 6 nitrogen and oxygen atoms in total. The molecule has 2 aromatic heterocycles. The average Bonchev–Trinajstić information content (AvgIpc) is 3.26. The highest BCUT2D eigenvalue weighted by Crippen LogP contribution is 2.27. The van der Waals surface area contributed by atoms with E-state index in [9.17, 15) is 4.79 Å². The Bertz CT molecular complexity index is 683. The second-order valence-electron chi connectivity index (χ2n) is 6.69. The Kier molecular flexibility index (Phi) is 3.89. The molecule has 3 heterocycles. The Morgan fingerprint density at radius 1 is 1.17 bits per heavy atom. The molecule has 1 saturated heterocycles. The zero-order valence-electron chi connectivity index (χ0n) is 13.3. The lowest BCUT2D eigenvalue weighted by molar-refractivity contribution is -0.125. The van der Waals surface area contributed by atoms with E-state index in [1.807, 2.05) is 12.3 Å². The summed E-state index contributed by atoms with van der Waals surface area (Å²) in [5.41, 5.74) is 0.881. The lowest BCUT2D eigenvalue weighted by Gasteiger charge is -2.33. The highest BCUT2D eigenvalue weighted by molar-refractivity contribution is 5.87. The van der Waals surface area contributed by atoms with Gasteiger partial charge in [-0.25, -0.2) is 9.97 Å². The second-order valence-corrected chi connectivity index (χ2v) is 6.69. The van der Waals surface area contributed by atoms with Crippen molar-refractivity contribution in [1.82, 2.24) is 20.3 Å². The van der Waals surface area contributed by atoms with Crippen LogP contribution in [0.2, 0.25) is 0 Å². The zero-order chi connectivity index (χ0) is 15.6. The van der Waals surface area contributed by atoms with Crippen LogP contribution in [-0.2, 0) is 4.79 Å². The van der Waals surface area contributed by atoms with E-state index in [4.69, 9.17) is 0 Å². The van der Waals surface area contributed by atoms with Crippen molar-refractivity contribution in [2.45, 2.75) is 44.6 Å². The van der Waals surface area contributed by atoms with Crippen molar-refractivity contribution in [3.63, 3.8) is 0 Å². The average molecular weight is 313 g/mol. The fourth-order valence-electron chi connectivity index (χ4n) is 3.85. The molecule has 2 N–H and O–H groups in total. The number of hydrogen-bond donors (Lipinski definition) is 2. The highest BCUT2D eigenvalue weighted by Gasteiger charge is 2.27. The first-order valence-electron chi connectivity index (χ1n) is 8.64. The topological polar surface area (TPSA) is 73.9 Å². The van der Waals surface area contributed by atoms with Gasteiger partial charge in [-0.15, -0.1) is 0 Å². The van der Waals surface area contributed by atoms with Crippen LogP contribution in [0.3, 0.4) is 0 Å². The molecule has 0 aromatic carbocycles. The summed E-state index contributed by atoms with van der Waals surface area (Å²) in [6.45, 7) is 1.85. The molecular formula is C17H23N5O. The molecule has 4 rings (SSSR count). The maximum atomic E-state index is 12.3. The minimum absolute atomic E-state index is 0.259. The number of aromatic amines is 1. The van der Waals surface area contributed by atoms with Crippen molar-refractivity contribution in [2.24, 2.45) is 5.92 Å². The van der Waals surface area contributed by atoms with Crippen LogP contribution >= 0.6 is 0 Å². The number of fused-ring (bicyclic) bond motifs is 1. The number of anilines is 1. The van der Waals surface area contributed by atoms with Gasteiger partial charge in [0.05, 0.1) is 5.39 Å². The van der Waals surface area contributed by atoms with E-state index >= 15 is 0 Å². The van der Waals surface area contributed by atoms with E-state index < -0.39 is 0 Å². The summed E-state index contributed by atoms with van der Waals surface area (Å²) in [5, 5.41) is 4.33. The van der Waals surface area contributed by atoms with Crippen LogP contribution in [0.25, 0.3) is 11.0 Å². The molecule has 0 atom stereocenters. The fourth-order valence-corrected chi connectivity index (χ4v) is 3.85. The Labute approximate surface area is 135 Å². The van der Waals surface area contributed by atoms with E-state index in [2.05, 4.69) is 25.2 Å². The first kappa shape index (κ1) is 14.5. The standard InChI is InChI=1S/C17H23N5O/c23-17(12-3-1-2-4-12)21-13-6-9-22(10-7-13)16-14-5-8-18-15(14)19-11-20-16/h5,8,11-13H,1-4,6-7,9-10H2,(H,21,23)(H,18,19,20). The van der Waals surface area contributed by atoms with Crippen molar-refractivity contribution < 1.29 is 4.79 Å². The van der Waals surface area contributed by atoms with Crippen molar-refractivity contribution >= 4 is 22.8 Å². The molecule has 0 bridgehead atoms. The first-order valence-corrected chi connectivity index (χ1v) is 8.64. The van der Waals surface area contributed by atoms with Gasteiger partial charge < -0.3 is 15.2 Å². The monoisotopic (exact) mass is 313 g/mol. The molecule has 2 fully saturated rings. The van der Waals surface area contributed by atoms with Crippen LogP contribution in [0.4, 0.5) is 5.82 Å². The predicted molar refractivity (Wildman–Crippen MR) is 89.2 cm³/mol. The summed E-state index contributed by atoms with van der Waals surface area (Å²) in [5.74, 6) is 1.53. The summed E-state index contributed by atoms with van der Waals surface area (Å²) < 4.78 is 0. The lowest BCUT2D eigenvalue weighted by atomic mass is 10.0. The fraction of sp³-hybridized carbons (Fsp3) is 0.588. The van der Waals surface area contributed by atoms with Gasteiger partial charge in [-0.05, 0) is 31.7 Å². The van der Waals surface area contributed by atoms with Gasteiger partial charge in [0, 0.05) is 31.2 Å². The summed E-state index contributed by atoms with van der Waals surface area (Å²) in [6, 6.07) is 2.33. The number of nitrogens with one attached hydrogen (secondary N) is 2. The number of H-pyrrole nitrogens is 1. The Hall–Kier alpha value is -2.11. The van der Waals surface area contributed by atoms with Crippen LogP contribution in [-0.4, -0.2) is 40.0 Å². The van der Waals surface area contributed by atoms with E-state index in [0.29, 0.717) is 6.04 Å². The predicted octanol–water partition coefficient (Wildman–Crippen LogP) is 2.23. The van der Waals surface area contributed by atoms with Crippen molar-refractivity contribution in [1.29, 1.82) is 0 Å². The molecule has 0 radical (unpaired) electrons. The normalized spacial score (nSPS) is 20.3. The van der Waals surface area contributed by atoms with E-state index in [1.54, 1.807) is 6.33 Å². The van der Waals surface area contributed by atoms with Gasteiger partial charge in [-0.3, -0.25) is 4.79 Å². The van der Waals surface area contributed by atoms with Gasteiger partial charge in [0.2, 0.25) is 5.91 Å². The third-order valence-corrected chi connectivity index (χ3v) is 5.20. The minimum atomic E-state index is 0.259. The molecule has 0 unspecified atom stereocenters. The van der Waals surface area contributed by atoms with Gasteiger partial charge in [0.15, 0.2) is 0 Å². The van der Waals surface area contributed by atoms with Crippen LogP contribution < -0.4 is 10.2 Å². The van der Waals surface area contributed by atoms with Crippen LogP contribution in [0, 0.1) is 5.92 Å². The second kappa shape index (κ2) is 6.18. The number of rotatable bonds is 3. The molecular weight excluding hydrogens is 290 g/mol. The summed E-state index contributed by atoms with van der Waals surface area (Å²) in [7, 11) is 0. The molecule has 1 saturated carbocycles. The largest absolute Gasteiger partial charge is 0.356 e. The molecule has 23 heavy (non-hydrogen) atoms. The van der Waals surface area contributed by atoms with Crippen LogP contribution in [0.15, 0.2) is 18.6 Å². The maximum absolute atomic E-state index is 12.3. The van der Waals surface area contributed by atoms with E-state index in [0.717, 1.165) is 55.6 Å². The van der Waals surface area contributed by atoms with Crippen molar-refractivity contribution in [3.8, 4) is 0 Å². The smallest absolute Gasteiger partial charge is 0.223 e. The van der Waals surface area contributed by atoms with Gasteiger partial charge in [-0.1, -0.05) is 12.8 Å². The number of hydrogen-bond acceptors (Lipinski definition) is 4. The maximum Gasteiger partial charge on any atom is 0.223 e. The van der Waals surface area contributed by atoms with Gasteiger partial charge >= 0.3 is 0 Å². The molecule has 1 aliphatic heterocycles. The Morgan fingerprint density at radius 2 is 1.96 bits per heavy atom. The number of nitrogens with zero attached hydrogens (tertiary/aromatic N) is 3. The summed E-state index contributed by atoms with van der Waals surface area (Å²) in [6.07, 6.45) is 10.0.